The normalized spacial score (nSPS) is 11.5. The van der Waals surface area contributed by atoms with Gasteiger partial charge in [-0.3, -0.25) is 0 Å². The average molecular weight is 498 g/mol. The van der Waals surface area contributed by atoms with E-state index < -0.39 is 0 Å². The molecule has 0 aliphatic carbocycles. The van der Waals surface area contributed by atoms with Crippen molar-refractivity contribution >= 4 is 41.3 Å². The highest BCUT2D eigenvalue weighted by Gasteiger charge is 2.05. The molecule has 1 heterocycles. The molecule has 0 aliphatic heterocycles. The van der Waals surface area contributed by atoms with Gasteiger partial charge in [0.1, 0.15) is 0 Å². The molecule has 0 radical (unpaired) electrons. The van der Waals surface area contributed by atoms with Crippen molar-refractivity contribution in [3.63, 3.8) is 0 Å². The second-order valence-electron chi connectivity index (χ2n) is 6.03. The molecule has 0 unspecified atom stereocenters. The fourth-order valence-corrected chi connectivity index (χ4v) is 2.80. The number of hydrogen-bond donors (Lipinski definition) is 2. The summed E-state index contributed by atoms with van der Waals surface area (Å²) in [5, 5.41) is 9.77. The maximum absolute atomic E-state index is 5.55. The minimum atomic E-state index is 0. The number of hydrogen-bond acceptors (Lipinski definition) is 5. The van der Waals surface area contributed by atoms with Crippen LogP contribution in [0.1, 0.15) is 57.2 Å². The van der Waals surface area contributed by atoms with Crippen LogP contribution in [-0.4, -0.2) is 50.5 Å². The SMILES string of the molecule is CCCCOCCOCCNC(=NCc1csc(C(C)C)n1)NCC.I. The standard InChI is InChI=1S/C18H34N4O2S.HI/c1-5-7-9-23-11-12-24-10-8-20-18(19-6-2)21-13-16-14-25-17(22-16)15(3)4;/h14-15H,5-13H2,1-4H3,(H2,19,20,21);1H. The molecule has 1 aromatic rings. The van der Waals surface area contributed by atoms with E-state index in [1.165, 1.54) is 0 Å². The number of thiazole rings is 1. The van der Waals surface area contributed by atoms with E-state index in [2.05, 4.69) is 53.7 Å². The Morgan fingerprint density at radius 2 is 1.88 bits per heavy atom. The monoisotopic (exact) mass is 498 g/mol. The summed E-state index contributed by atoms with van der Waals surface area (Å²) >= 11 is 1.70. The van der Waals surface area contributed by atoms with Gasteiger partial charge in [-0.1, -0.05) is 27.2 Å². The quantitative estimate of drug-likeness (QED) is 0.188. The van der Waals surface area contributed by atoms with Crippen LogP contribution in [0.15, 0.2) is 10.4 Å². The van der Waals surface area contributed by atoms with Gasteiger partial charge < -0.3 is 20.1 Å². The molecule has 6 nitrogen and oxygen atoms in total. The van der Waals surface area contributed by atoms with Crippen LogP contribution in [-0.2, 0) is 16.0 Å². The Balaban J connectivity index is 0.00000625. The second kappa shape index (κ2) is 16.7. The Labute approximate surface area is 179 Å². The molecular formula is C18H35IN4O2S. The highest BCUT2D eigenvalue weighted by atomic mass is 127. The minimum absolute atomic E-state index is 0. The Bertz CT molecular complexity index is 484. The number of nitrogens with one attached hydrogen (secondary N) is 2. The first-order valence-electron chi connectivity index (χ1n) is 9.29. The fourth-order valence-electron chi connectivity index (χ4n) is 1.97. The fraction of sp³-hybridized carbons (Fsp3) is 0.778. The van der Waals surface area contributed by atoms with Crippen LogP contribution >= 0.6 is 35.3 Å². The molecule has 2 N–H and O–H groups in total. The van der Waals surface area contributed by atoms with E-state index in [4.69, 9.17) is 9.47 Å². The van der Waals surface area contributed by atoms with Crippen LogP contribution in [0.2, 0.25) is 0 Å². The van der Waals surface area contributed by atoms with Crippen molar-refractivity contribution in [3.05, 3.63) is 16.1 Å². The first kappa shape index (κ1) is 25.6. The van der Waals surface area contributed by atoms with Crippen molar-refractivity contribution < 1.29 is 9.47 Å². The lowest BCUT2D eigenvalue weighted by Crippen LogP contribution is -2.39. The summed E-state index contributed by atoms with van der Waals surface area (Å²) < 4.78 is 11.0. The predicted molar refractivity (Wildman–Crippen MR) is 121 cm³/mol. The summed E-state index contributed by atoms with van der Waals surface area (Å²) in [5.41, 5.74) is 1.02. The molecule has 0 aliphatic rings. The molecule has 0 saturated carbocycles. The number of rotatable bonds is 13. The summed E-state index contributed by atoms with van der Waals surface area (Å²) in [5.74, 6) is 1.27. The van der Waals surface area contributed by atoms with Gasteiger partial charge in [-0.25, -0.2) is 9.98 Å². The lowest BCUT2D eigenvalue weighted by molar-refractivity contribution is 0.0487. The molecule has 0 amide bonds. The Kier molecular flexibility index (Phi) is 16.4. The van der Waals surface area contributed by atoms with Crippen LogP contribution in [0.25, 0.3) is 0 Å². The molecule has 1 aromatic heterocycles. The van der Waals surface area contributed by atoms with Gasteiger partial charge in [0.2, 0.25) is 0 Å². The summed E-state index contributed by atoms with van der Waals surface area (Å²) in [7, 11) is 0. The lowest BCUT2D eigenvalue weighted by Gasteiger charge is -2.11. The van der Waals surface area contributed by atoms with Gasteiger partial charge in [-0.2, -0.15) is 0 Å². The number of aromatic nitrogens is 1. The molecule has 152 valence electrons. The van der Waals surface area contributed by atoms with Gasteiger partial charge in [-0.05, 0) is 13.3 Å². The molecule has 0 aromatic carbocycles. The Morgan fingerprint density at radius 3 is 2.50 bits per heavy atom. The molecule has 1 rings (SSSR count). The van der Waals surface area contributed by atoms with Gasteiger partial charge >= 0.3 is 0 Å². The van der Waals surface area contributed by atoms with E-state index in [1.54, 1.807) is 11.3 Å². The number of unbranched alkanes of at least 4 members (excludes halogenated alkanes) is 1. The van der Waals surface area contributed by atoms with Gasteiger partial charge in [0.05, 0.1) is 37.1 Å². The first-order chi connectivity index (χ1) is 12.2. The average Bonchev–Trinajstić information content (AvgIpc) is 3.07. The molecule has 0 fully saturated rings. The Morgan fingerprint density at radius 1 is 1.15 bits per heavy atom. The van der Waals surface area contributed by atoms with Crippen molar-refractivity contribution in [1.82, 2.24) is 15.6 Å². The zero-order valence-corrected chi connectivity index (χ0v) is 19.7. The van der Waals surface area contributed by atoms with Crippen molar-refractivity contribution in [1.29, 1.82) is 0 Å². The summed E-state index contributed by atoms with van der Waals surface area (Å²) in [6, 6.07) is 0. The topological polar surface area (TPSA) is 67.8 Å². The molecule has 0 spiro atoms. The second-order valence-corrected chi connectivity index (χ2v) is 6.92. The molecule has 26 heavy (non-hydrogen) atoms. The van der Waals surface area contributed by atoms with Crippen LogP contribution in [0, 0.1) is 0 Å². The van der Waals surface area contributed by atoms with Gasteiger partial charge in [0, 0.05) is 31.0 Å². The van der Waals surface area contributed by atoms with E-state index >= 15 is 0 Å². The van der Waals surface area contributed by atoms with E-state index in [9.17, 15) is 0 Å². The van der Waals surface area contributed by atoms with Gasteiger partial charge in [0.15, 0.2) is 5.96 Å². The third-order valence-corrected chi connectivity index (χ3v) is 4.55. The third-order valence-electron chi connectivity index (χ3n) is 3.36. The Hall–Kier alpha value is -0.450. The number of nitrogens with zero attached hydrogens (tertiary/aromatic N) is 2. The third kappa shape index (κ3) is 12.0. The zero-order chi connectivity index (χ0) is 18.3. The number of ether oxygens (including phenoxy) is 2. The largest absolute Gasteiger partial charge is 0.379 e. The number of guanidine groups is 1. The first-order valence-corrected chi connectivity index (χ1v) is 10.2. The van der Waals surface area contributed by atoms with E-state index in [0.29, 0.717) is 32.3 Å². The van der Waals surface area contributed by atoms with Crippen molar-refractivity contribution in [2.45, 2.75) is 53.0 Å². The smallest absolute Gasteiger partial charge is 0.191 e. The number of aliphatic imine (C=N–C) groups is 1. The van der Waals surface area contributed by atoms with E-state index in [0.717, 1.165) is 49.2 Å². The highest BCUT2D eigenvalue weighted by molar-refractivity contribution is 14.0. The molecule has 0 atom stereocenters. The summed E-state index contributed by atoms with van der Waals surface area (Å²) in [6.07, 6.45) is 2.28. The summed E-state index contributed by atoms with van der Waals surface area (Å²) in [4.78, 5) is 9.19. The van der Waals surface area contributed by atoms with Crippen LogP contribution in [0.4, 0.5) is 0 Å². The number of halogens is 1. The van der Waals surface area contributed by atoms with E-state index in [1.807, 2.05) is 0 Å². The van der Waals surface area contributed by atoms with Gasteiger partial charge in [-0.15, -0.1) is 35.3 Å². The van der Waals surface area contributed by atoms with Crippen LogP contribution < -0.4 is 10.6 Å². The molecule has 0 saturated heterocycles. The van der Waals surface area contributed by atoms with Crippen molar-refractivity contribution in [2.75, 3.05) is 39.5 Å². The van der Waals surface area contributed by atoms with Crippen LogP contribution in [0.3, 0.4) is 0 Å². The predicted octanol–water partition coefficient (Wildman–Crippen LogP) is 3.77. The minimum Gasteiger partial charge on any atom is -0.379 e. The van der Waals surface area contributed by atoms with Gasteiger partial charge in [0.25, 0.3) is 0 Å². The maximum atomic E-state index is 5.55. The lowest BCUT2D eigenvalue weighted by atomic mass is 10.2. The van der Waals surface area contributed by atoms with E-state index in [-0.39, 0.29) is 24.0 Å². The maximum Gasteiger partial charge on any atom is 0.191 e. The highest BCUT2D eigenvalue weighted by Crippen LogP contribution is 2.19. The van der Waals surface area contributed by atoms with Crippen LogP contribution in [0.5, 0.6) is 0 Å². The van der Waals surface area contributed by atoms with Crippen molar-refractivity contribution in [3.8, 4) is 0 Å². The zero-order valence-electron chi connectivity index (χ0n) is 16.5. The van der Waals surface area contributed by atoms with Crippen molar-refractivity contribution in [2.24, 2.45) is 4.99 Å². The molecule has 0 bridgehead atoms. The summed E-state index contributed by atoms with van der Waals surface area (Å²) in [6.45, 7) is 13.4. The molecular weight excluding hydrogens is 463 g/mol. The molecule has 8 heteroatoms.